The molecule has 0 saturated carbocycles. The fraction of sp³-hybridized carbons (Fsp3) is 0.673. The Morgan fingerprint density at radius 3 is 1.16 bits per heavy atom. The highest BCUT2D eigenvalue weighted by Crippen LogP contribution is 2.13. The Morgan fingerprint density at radius 1 is 0.362 bits per heavy atom. The number of hydrogen-bond donors (Lipinski definition) is 0. The maximum atomic E-state index is 12.7. The van der Waals surface area contributed by atoms with E-state index in [-0.39, 0.29) is 38.0 Å². The molecule has 0 radical (unpaired) electrons. The molecule has 0 N–H and O–H groups in total. The molecule has 0 heterocycles. The van der Waals surface area contributed by atoms with Gasteiger partial charge in [-0.15, -0.1) is 0 Å². The first-order valence-corrected chi connectivity index (χ1v) is 23.6. The van der Waals surface area contributed by atoms with Gasteiger partial charge in [0.1, 0.15) is 13.2 Å². The molecule has 0 spiro atoms. The molecule has 6 nitrogen and oxygen atoms in total. The number of carbonyl (C=O) groups excluding carboxylic acids is 3. The van der Waals surface area contributed by atoms with Crippen molar-refractivity contribution in [1.82, 2.24) is 0 Å². The summed E-state index contributed by atoms with van der Waals surface area (Å²) >= 11 is 0. The summed E-state index contributed by atoms with van der Waals surface area (Å²) < 4.78 is 16.6. The molecule has 58 heavy (non-hydrogen) atoms. The zero-order valence-corrected chi connectivity index (χ0v) is 37.5. The summed E-state index contributed by atoms with van der Waals surface area (Å²) in [4.78, 5) is 37.7. The van der Waals surface area contributed by atoms with E-state index in [1.54, 1.807) is 0 Å². The Morgan fingerprint density at radius 2 is 0.707 bits per heavy atom. The van der Waals surface area contributed by atoms with E-state index >= 15 is 0 Å². The van der Waals surface area contributed by atoms with Crippen LogP contribution in [0.2, 0.25) is 0 Å². The van der Waals surface area contributed by atoms with E-state index in [4.69, 9.17) is 14.2 Å². The molecule has 0 fully saturated rings. The molecule has 0 rings (SSSR count). The summed E-state index contributed by atoms with van der Waals surface area (Å²) in [5.41, 5.74) is 0. The van der Waals surface area contributed by atoms with Crippen molar-refractivity contribution in [3.05, 3.63) is 85.1 Å². The van der Waals surface area contributed by atoms with E-state index in [9.17, 15) is 14.4 Å². The standard InChI is InChI=1S/C52H86O6/c1-4-7-10-13-16-19-22-24-25-26-28-30-33-36-39-42-45-51(54)57-48-49(47-56-50(53)44-41-38-35-32-29-21-18-15-12-9-6-3)58-52(55)46-43-40-37-34-31-27-23-20-17-14-11-8-5-2/h7,10,16,19,24-25,27-28,30-31,36-37,39-40,49H,4-6,8-9,11-15,17-18,20-23,26,29,32-35,38,41-48H2,1-3H3/b10-7-,19-16-,25-24-,30-28-,31-27-,39-36-,40-37-. The van der Waals surface area contributed by atoms with Crippen LogP contribution in [0.1, 0.15) is 207 Å². The van der Waals surface area contributed by atoms with E-state index < -0.39 is 12.1 Å². The second-order valence-corrected chi connectivity index (χ2v) is 15.3. The molecule has 1 atom stereocenters. The third-order valence-corrected chi connectivity index (χ3v) is 9.66. The van der Waals surface area contributed by atoms with Crippen LogP contribution in [-0.2, 0) is 28.6 Å². The summed E-state index contributed by atoms with van der Waals surface area (Å²) in [5.74, 6) is -1.08. The SMILES string of the molecule is CC/C=C\C/C=C\C/C=C\C/C=C\C/C=C\CCC(=O)OCC(COC(=O)CCCCCCCCCCCCC)OC(=O)CC/C=C\C/C=C\CCCCCCCC. The van der Waals surface area contributed by atoms with Crippen LogP contribution in [-0.4, -0.2) is 37.2 Å². The average Bonchev–Trinajstić information content (AvgIpc) is 3.22. The number of esters is 3. The molecule has 0 aliphatic carbocycles. The monoisotopic (exact) mass is 807 g/mol. The predicted molar refractivity (Wildman–Crippen MR) is 247 cm³/mol. The van der Waals surface area contributed by atoms with Crippen LogP contribution in [0.3, 0.4) is 0 Å². The fourth-order valence-electron chi connectivity index (χ4n) is 6.13. The van der Waals surface area contributed by atoms with E-state index in [0.717, 1.165) is 64.2 Å². The van der Waals surface area contributed by atoms with Crippen LogP contribution < -0.4 is 0 Å². The van der Waals surface area contributed by atoms with Gasteiger partial charge in [-0.25, -0.2) is 0 Å². The Kier molecular flexibility index (Phi) is 43.6. The lowest BCUT2D eigenvalue weighted by Gasteiger charge is -2.18. The van der Waals surface area contributed by atoms with Crippen LogP contribution in [0.4, 0.5) is 0 Å². The summed E-state index contributed by atoms with van der Waals surface area (Å²) in [5, 5.41) is 0. The Balaban J connectivity index is 4.56. The molecular formula is C52H86O6. The zero-order valence-electron chi connectivity index (χ0n) is 37.5. The predicted octanol–water partition coefficient (Wildman–Crippen LogP) is 15.3. The number of unbranched alkanes of at least 4 members (excludes halogenated alkanes) is 16. The summed E-state index contributed by atoms with van der Waals surface area (Å²) in [6.07, 6.45) is 58.7. The smallest absolute Gasteiger partial charge is 0.306 e. The molecule has 0 bridgehead atoms. The Hall–Kier alpha value is -3.41. The minimum absolute atomic E-state index is 0.121. The third-order valence-electron chi connectivity index (χ3n) is 9.66. The van der Waals surface area contributed by atoms with Gasteiger partial charge in [-0.2, -0.15) is 0 Å². The number of hydrogen-bond acceptors (Lipinski definition) is 6. The first-order valence-electron chi connectivity index (χ1n) is 23.6. The number of carbonyl (C=O) groups is 3. The molecule has 0 amide bonds. The van der Waals surface area contributed by atoms with Gasteiger partial charge in [0.2, 0.25) is 0 Å². The Bertz CT molecular complexity index is 1160. The number of allylic oxidation sites excluding steroid dienone is 14. The number of ether oxygens (including phenoxy) is 3. The third kappa shape index (κ3) is 43.7. The van der Waals surface area contributed by atoms with Gasteiger partial charge < -0.3 is 14.2 Å². The molecule has 0 aromatic heterocycles. The van der Waals surface area contributed by atoms with Gasteiger partial charge in [0, 0.05) is 19.3 Å². The number of rotatable bonds is 41. The van der Waals surface area contributed by atoms with Crippen molar-refractivity contribution in [1.29, 1.82) is 0 Å². The summed E-state index contributed by atoms with van der Waals surface area (Å²) in [6.45, 7) is 6.37. The molecule has 330 valence electrons. The second-order valence-electron chi connectivity index (χ2n) is 15.3. The van der Waals surface area contributed by atoms with E-state index in [0.29, 0.717) is 19.3 Å². The van der Waals surface area contributed by atoms with Crippen LogP contribution in [0.25, 0.3) is 0 Å². The summed E-state index contributed by atoms with van der Waals surface area (Å²) in [7, 11) is 0. The summed E-state index contributed by atoms with van der Waals surface area (Å²) in [6, 6.07) is 0. The van der Waals surface area contributed by atoms with Crippen LogP contribution in [0.15, 0.2) is 85.1 Å². The quantitative estimate of drug-likeness (QED) is 0.0265. The van der Waals surface area contributed by atoms with Gasteiger partial charge in [0.25, 0.3) is 0 Å². The maximum Gasteiger partial charge on any atom is 0.306 e. The highest BCUT2D eigenvalue weighted by molar-refractivity contribution is 5.71. The first kappa shape index (κ1) is 54.6. The van der Waals surface area contributed by atoms with Crippen molar-refractivity contribution in [2.45, 2.75) is 213 Å². The van der Waals surface area contributed by atoms with Gasteiger partial charge in [0.15, 0.2) is 6.10 Å². The van der Waals surface area contributed by atoms with Gasteiger partial charge in [-0.1, -0.05) is 202 Å². The fourth-order valence-corrected chi connectivity index (χ4v) is 6.13. The van der Waals surface area contributed by atoms with E-state index in [1.807, 2.05) is 18.2 Å². The molecule has 1 unspecified atom stereocenters. The van der Waals surface area contributed by atoms with Gasteiger partial charge in [-0.05, 0) is 70.6 Å². The molecule has 0 aliphatic heterocycles. The normalized spacial score (nSPS) is 12.8. The molecule has 0 saturated heterocycles. The van der Waals surface area contributed by atoms with Gasteiger partial charge >= 0.3 is 17.9 Å². The molecule has 0 aromatic rings. The van der Waals surface area contributed by atoms with Crippen molar-refractivity contribution in [3.8, 4) is 0 Å². The van der Waals surface area contributed by atoms with Gasteiger partial charge in [0.05, 0.1) is 0 Å². The molecule has 0 aromatic carbocycles. The van der Waals surface area contributed by atoms with Crippen molar-refractivity contribution < 1.29 is 28.6 Å². The lowest BCUT2D eigenvalue weighted by Crippen LogP contribution is -2.30. The topological polar surface area (TPSA) is 78.9 Å². The Labute approximate surface area is 356 Å². The van der Waals surface area contributed by atoms with Crippen LogP contribution in [0, 0.1) is 0 Å². The van der Waals surface area contributed by atoms with Crippen molar-refractivity contribution in [2.24, 2.45) is 0 Å². The van der Waals surface area contributed by atoms with Crippen molar-refractivity contribution in [3.63, 3.8) is 0 Å². The van der Waals surface area contributed by atoms with Crippen molar-refractivity contribution in [2.75, 3.05) is 13.2 Å². The lowest BCUT2D eigenvalue weighted by atomic mass is 10.1. The first-order chi connectivity index (χ1) is 28.5. The molecule has 6 heteroatoms. The lowest BCUT2D eigenvalue weighted by molar-refractivity contribution is -0.166. The maximum absolute atomic E-state index is 12.7. The minimum atomic E-state index is -0.833. The van der Waals surface area contributed by atoms with Crippen molar-refractivity contribution >= 4 is 17.9 Å². The minimum Gasteiger partial charge on any atom is -0.462 e. The largest absolute Gasteiger partial charge is 0.462 e. The van der Waals surface area contributed by atoms with E-state index in [1.165, 1.54) is 89.9 Å². The molecular weight excluding hydrogens is 721 g/mol. The average molecular weight is 807 g/mol. The van der Waals surface area contributed by atoms with Gasteiger partial charge in [-0.3, -0.25) is 14.4 Å². The molecule has 0 aliphatic rings. The second kappa shape index (κ2) is 46.3. The highest BCUT2D eigenvalue weighted by Gasteiger charge is 2.19. The highest BCUT2D eigenvalue weighted by atomic mass is 16.6. The van der Waals surface area contributed by atoms with Crippen LogP contribution >= 0.6 is 0 Å². The zero-order chi connectivity index (χ0) is 42.3. The van der Waals surface area contributed by atoms with Crippen LogP contribution in [0.5, 0.6) is 0 Å². The van der Waals surface area contributed by atoms with E-state index in [2.05, 4.69) is 87.6 Å².